The van der Waals surface area contributed by atoms with Crippen LogP contribution in [-0.2, 0) is 9.84 Å². The Labute approximate surface area is 108 Å². The van der Waals surface area contributed by atoms with E-state index in [9.17, 15) is 8.42 Å². The molecular formula is C11H17ClN2O2S. The maximum absolute atomic E-state index is 12.2. The number of rotatable bonds is 2. The zero-order chi connectivity index (χ0) is 11.6. The fraction of sp³-hybridized carbons (Fsp3) is 0.545. The molecule has 0 bridgehead atoms. The molecule has 96 valence electrons. The quantitative estimate of drug-likeness (QED) is 0.886. The highest BCUT2D eigenvalue weighted by atomic mass is 35.5. The molecule has 4 nitrogen and oxygen atoms in total. The summed E-state index contributed by atoms with van der Waals surface area (Å²) in [4.78, 5) is 3.97. The molecule has 1 aliphatic rings. The first-order chi connectivity index (χ1) is 7.60. The van der Waals surface area contributed by atoms with Crippen molar-refractivity contribution in [1.82, 2.24) is 10.3 Å². The van der Waals surface area contributed by atoms with Gasteiger partial charge in [0.15, 0.2) is 14.9 Å². The Morgan fingerprint density at radius 2 is 2.24 bits per heavy atom. The molecule has 2 heterocycles. The molecule has 0 amide bonds. The number of aromatic nitrogens is 1. The highest BCUT2D eigenvalue weighted by Crippen LogP contribution is 2.19. The molecule has 1 saturated heterocycles. The normalized spacial score (nSPS) is 20.6. The van der Waals surface area contributed by atoms with Crippen LogP contribution in [0.2, 0.25) is 0 Å². The van der Waals surface area contributed by atoms with Crippen molar-refractivity contribution in [3.8, 4) is 0 Å². The van der Waals surface area contributed by atoms with Crippen LogP contribution >= 0.6 is 12.4 Å². The van der Waals surface area contributed by atoms with E-state index in [-0.39, 0.29) is 22.7 Å². The van der Waals surface area contributed by atoms with Gasteiger partial charge in [0.1, 0.15) is 0 Å². The summed E-state index contributed by atoms with van der Waals surface area (Å²) in [7, 11) is -3.26. The van der Waals surface area contributed by atoms with E-state index in [0.717, 1.165) is 24.9 Å². The molecule has 1 fully saturated rings. The molecule has 1 aromatic heterocycles. The van der Waals surface area contributed by atoms with Gasteiger partial charge >= 0.3 is 0 Å². The Bertz CT molecular complexity index is 470. The number of aryl methyl sites for hydroxylation is 1. The van der Waals surface area contributed by atoms with Gasteiger partial charge in [0.05, 0.1) is 5.25 Å². The van der Waals surface area contributed by atoms with Crippen LogP contribution in [0.15, 0.2) is 23.4 Å². The number of halogens is 1. The minimum Gasteiger partial charge on any atom is -0.315 e. The average molecular weight is 277 g/mol. The van der Waals surface area contributed by atoms with E-state index >= 15 is 0 Å². The Kier molecular flexibility index (Phi) is 4.91. The van der Waals surface area contributed by atoms with Gasteiger partial charge in [-0.2, -0.15) is 0 Å². The maximum atomic E-state index is 12.2. The van der Waals surface area contributed by atoms with Crippen molar-refractivity contribution in [1.29, 1.82) is 0 Å². The fourth-order valence-corrected chi connectivity index (χ4v) is 3.63. The standard InChI is InChI=1S/C11H16N2O2S.ClH/c1-9-4-6-13-11(7-9)16(14,15)10-3-2-5-12-8-10;/h4,6-7,10,12H,2-3,5,8H2,1H3;1H. The van der Waals surface area contributed by atoms with Gasteiger partial charge in [0, 0.05) is 12.7 Å². The van der Waals surface area contributed by atoms with Crippen molar-refractivity contribution in [3.63, 3.8) is 0 Å². The number of sulfone groups is 1. The Morgan fingerprint density at radius 1 is 1.47 bits per heavy atom. The molecular weight excluding hydrogens is 260 g/mol. The van der Waals surface area contributed by atoms with Crippen molar-refractivity contribution < 1.29 is 8.42 Å². The lowest BCUT2D eigenvalue weighted by Gasteiger charge is -2.22. The molecule has 0 spiro atoms. The average Bonchev–Trinajstić information content (AvgIpc) is 2.30. The number of pyridine rings is 1. The number of hydrogen-bond donors (Lipinski definition) is 1. The summed E-state index contributed by atoms with van der Waals surface area (Å²) in [6.45, 7) is 3.32. The maximum Gasteiger partial charge on any atom is 0.199 e. The zero-order valence-corrected chi connectivity index (χ0v) is 11.4. The molecule has 0 radical (unpaired) electrons. The predicted octanol–water partition coefficient (Wildman–Crippen LogP) is 1.34. The van der Waals surface area contributed by atoms with Crippen LogP contribution < -0.4 is 5.32 Å². The van der Waals surface area contributed by atoms with Crippen LogP contribution in [0.25, 0.3) is 0 Å². The van der Waals surface area contributed by atoms with Gasteiger partial charge in [-0.1, -0.05) is 0 Å². The fourth-order valence-electron chi connectivity index (χ4n) is 1.92. The lowest BCUT2D eigenvalue weighted by atomic mass is 10.2. The van der Waals surface area contributed by atoms with E-state index in [1.54, 1.807) is 18.3 Å². The molecule has 2 rings (SSSR count). The molecule has 6 heteroatoms. The van der Waals surface area contributed by atoms with Gasteiger partial charge in [-0.15, -0.1) is 12.4 Å². The van der Waals surface area contributed by atoms with Gasteiger partial charge in [-0.05, 0) is 44.0 Å². The minimum absolute atomic E-state index is 0. The number of nitrogens with zero attached hydrogens (tertiary/aromatic N) is 1. The van der Waals surface area contributed by atoms with E-state index in [0.29, 0.717) is 6.54 Å². The number of nitrogens with one attached hydrogen (secondary N) is 1. The number of piperidine rings is 1. The van der Waals surface area contributed by atoms with E-state index in [2.05, 4.69) is 10.3 Å². The third-order valence-corrected chi connectivity index (χ3v) is 4.96. The summed E-state index contributed by atoms with van der Waals surface area (Å²) in [5.41, 5.74) is 0.928. The molecule has 1 aromatic rings. The predicted molar refractivity (Wildman–Crippen MR) is 69.3 cm³/mol. The molecule has 0 saturated carbocycles. The minimum atomic E-state index is -3.26. The first-order valence-electron chi connectivity index (χ1n) is 5.48. The first-order valence-corrected chi connectivity index (χ1v) is 7.02. The summed E-state index contributed by atoms with van der Waals surface area (Å²) in [6, 6.07) is 3.45. The summed E-state index contributed by atoms with van der Waals surface area (Å²) in [5.74, 6) is 0. The van der Waals surface area contributed by atoms with Gasteiger partial charge in [-0.25, -0.2) is 13.4 Å². The van der Waals surface area contributed by atoms with Crippen LogP contribution in [-0.4, -0.2) is 31.7 Å². The van der Waals surface area contributed by atoms with E-state index in [1.807, 2.05) is 6.92 Å². The largest absolute Gasteiger partial charge is 0.315 e. The second-order valence-corrected chi connectivity index (χ2v) is 6.36. The summed E-state index contributed by atoms with van der Waals surface area (Å²) >= 11 is 0. The summed E-state index contributed by atoms with van der Waals surface area (Å²) in [6.07, 6.45) is 3.19. The molecule has 17 heavy (non-hydrogen) atoms. The van der Waals surface area contributed by atoms with Gasteiger partial charge < -0.3 is 5.32 Å². The summed E-state index contributed by atoms with van der Waals surface area (Å²) < 4.78 is 24.5. The van der Waals surface area contributed by atoms with Gasteiger partial charge in [0.25, 0.3) is 0 Å². The van der Waals surface area contributed by atoms with E-state index in [1.165, 1.54) is 0 Å². The molecule has 1 aliphatic heterocycles. The van der Waals surface area contributed by atoms with Crippen molar-refractivity contribution >= 4 is 22.2 Å². The number of hydrogen-bond acceptors (Lipinski definition) is 4. The highest BCUT2D eigenvalue weighted by molar-refractivity contribution is 7.92. The lowest BCUT2D eigenvalue weighted by molar-refractivity contribution is 0.495. The van der Waals surface area contributed by atoms with Crippen molar-refractivity contribution in [2.45, 2.75) is 30.0 Å². The smallest absolute Gasteiger partial charge is 0.199 e. The van der Waals surface area contributed by atoms with E-state index in [4.69, 9.17) is 0 Å². The lowest BCUT2D eigenvalue weighted by Crippen LogP contribution is -2.39. The van der Waals surface area contributed by atoms with E-state index < -0.39 is 9.84 Å². The third kappa shape index (κ3) is 3.18. The molecule has 0 aromatic carbocycles. The van der Waals surface area contributed by atoms with Crippen LogP contribution in [0.1, 0.15) is 18.4 Å². The molecule has 1 atom stereocenters. The van der Waals surface area contributed by atoms with Crippen LogP contribution in [0.3, 0.4) is 0 Å². The van der Waals surface area contributed by atoms with Crippen LogP contribution in [0, 0.1) is 6.92 Å². The van der Waals surface area contributed by atoms with Crippen molar-refractivity contribution in [2.75, 3.05) is 13.1 Å². The first kappa shape index (κ1) is 14.4. The molecule has 1 unspecified atom stereocenters. The van der Waals surface area contributed by atoms with Crippen LogP contribution in [0.4, 0.5) is 0 Å². The zero-order valence-electron chi connectivity index (χ0n) is 9.72. The van der Waals surface area contributed by atoms with Crippen molar-refractivity contribution in [3.05, 3.63) is 23.9 Å². The van der Waals surface area contributed by atoms with Crippen molar-refractivity contribution in [2.24, 2.45) is 0 Å². The van der Waals surface area contributed by atoms with Gasteiger partial charge in [-0.3, -0.25) is 0 Å². The topological polar surface area (TPSA) is 59.1 Å². The third-order valence-electron chi connectivity index (χ3n) is 2.87. The molecule has 0 aliphatic carbocycles. The Hall–Kier alpha value is -0.650. The second kappa shape index (κ2) is 5.80. The SMILES string of the molecule is Cc1ccnc(S(=O)(=O)C2CCCNC2)c1.Cl. The summed E-state index contributed by atoms with van der Waals surface area (Å²) in [5, 5.41) is 3.00. The van der Waals surface area contributed by atoms with Gasteiger partial charge in [0.2, 0.25) is 0 Å². The Balaban J connectivity index is 0.00000144. The highest BCUT2D eigenvalue weighted by Gasteiger charge is 2.29. The molecule has 1 N–H and O–H groups in total. The monoisotopic (exact) mass is 276 g/mol. The second-order valence-electron chi connectivity index (χ2n) is 4.18. The Morgan fingerprint density at radius 3 is 2.82 bits per heavy atom. The van der Waals surface area contributed by atoms with Crippen LogP contribution in [0.5, 0.6) is 0 Å².